The van der Waals surface area contributed by atoms with Crippen molar-refractivity contribution in [1.82, 2.24) is 15.5 Å². The van der Waals surface area contributed by atoms with Gasteiger partial charge in [-0.3, -0.25) is 4.79 Å². The second-order valence-electron chi connectivity index (χ2n) is 6.85. The van der Waals surface area contributed by atoms with Gasteiger partial charge in [0, 0.05) is 31.1 Å². The molecule has 3 amide bonds. The fraction of sp³-hybridized carbons (Fsp3) is 0.875. The van der Waals surface area contributed by atoms with Crippen LogP contribution in [0.1, 0.15) is 57.8 Å². The van der Waals surface area contributed by atoms with Gasteiger partial charge in [-0.2, -0.15) is 0 Å². The average Bonchev–Trinajstić information content (AvgIpc) is 3.20. The molecule has 118 valence electrons. The molecule has 1 heterocycles. The standard InChI is InChI=1S/C16H27N3O2/c20-15(12-5-1-2-6-12)19-10-9-14(11-19)18-16(21)17-13-7-3-4-8-13/h12-14H,1-11H2,(H2,17,18,21)/t14-/m1/s1. The van der Waals surface area contributed by atoms with Gasteiger partial charge in [-0.05, 0) is 32.1 Å². The second kappa shape index (κ2) is 6.67. The number of hydrogen-bond donors (Lipinski definition) is 2. The molecule has 0 aromatic rings. The van der Waals surface area contributed by atoms with Crippen molar-refractivity contribution in [2.75, 3.05) is 13.1 Å². The molecule has 2 aliphatic carbocycles. The van der Waals surface area contributed by atoms with Gasteiger partial charge in [-0.25, -0.2) is 4.79 Å². The summed E-state index contributed by atoms with van der Waals surface area (Å²) in [6, 6.07) is 0.418. The lowest BCUT2D eigenvalue weighted by molar-refractivity contribution is -0.134. The minimum Gasteiger partial charge on any atom is -0.340 e. The maximum Gasteiger partial charge on any atom is 0.315 e. The molecule has 1 aliphatic heterocycles. The van der Waals surface area contributed by atoms with Gasteiger partial charge in [0.25, 0.3) is 0 Å². The van der Waals surface area contributed by atoms with Crippen LogP contribution in [-0.2, 0) is 4.79 Å². The minimum atomic E-state index is -0.0536. The molecule has 0 spiro atoms. The van der Waals surface area contributed by atoms with Crippen LogP contribution in [0.25, 0.3) is 0 Å². The Bertz CT molecular complexity index is 387. The van der Waals surface area contributed by atoms with E-state index >= 15 is 0 Å². The monoisotopic (exact) mass is 293 g/mol. The first kappa shape index (κ1) is 14.7. The maximum atomic E-state index is 12.4. The van der Waals surface area contributed by atoms with E-state index in [1.165, 1.54) is 25.7 Å². The molecule has 1 atom stereocenters. The third kappa shape index (κ3) is 3.69. The molecule has 21 heavy (non-hydrogen) atoms. The first-order valence-electron chi connectivity index (χ1n) is 8.58. The van der Waals surface area contributed by atoms with Crippen LogP contribution < -0.4 is 10.6 Å². The van der Waals surface area contributed by atoms with Crippen LogP contribution >= 0.6 is 0 Å². The van der Waals surface area contributed by atoms with E-state index < -0.39 is 0 Å². The quantitative estimate of drug-likeness (QED) is 0.836. The summed E-state index contributed by atoms with van der Waals surface area (Å²) in [7, 11) is 0. The van der Waals surface area contributed by atoms with E-state index in [2.05, 4.69) is 10.6 Å². The van der Waals surface area contributed by atoms with Gasteiger partial charge in [0.05, 0.1) is 0 Å². The highest BCUT2D eigenvalue weighted by atomic mass is 16.2. The van der Waals surface area contributed by atoms with Gasteiger partial charge in [-0.15, -0.1) is 0 Å². The van der Waals surface area contributed by atoms with E-state index in [4.69, 9.17) is 0 Å². The van der Waals surface area contributed by atoms with Crippen molar-refractivity contribution in [3.8, 4) is 0 Å². The Morgan fingerprint density at radius 3 is 2.14 bits per heavy atom. The zero-order valence-corrected chi connectivity index (χ0v) is 12.8. The lowest BCUT2D eigenvalue weighted by Crippen LogP contribution is -2.47. The van der Waals surface area contributed by atoms with E-state index in [0.29, 0.717) is 18.5 Å². The van der Waals surface area contributed by atoms with E-state index in [0.717, 1.165) is 38.6 Å². The number of likely N-dealkylation sites (tertiary alicyclic amines) is 1. The van der Waals surface area contributed by atoms with Gasteiger partial charge in [0.1, 0.15) is 0 Å². The third-order valence-electron chi connectivity index (χ3n) is 5.23. The predicted molar refractivity (Wildman–Crippen MR) is 80.9 cm³/mol. The topological polar surface area (TPSA) is 61.4 Å². The SMILES string of the molecule is O=C(NC1CCCC1)N[C@@H]1CCN(C(=O)C2CCCC2)C1. The van der Waals surface area contributed by atoms with Gasteiger partial charge in [-0.1, -0.05) is 25.7 Å². The molecule has 2 N–H and O–H groups in total. The van der Waals surface area contributed by atoms with Gasteiger partial charge < -0.3 is 15.5 Å². The molecule has 3 fully saturated rings. The third-order valence-corrected chi connectivity index (χ3v) is 5.23. The number of hydrogen-bond acceptors (Lipinski definition) is 2. The van der Waals surface area contributed by atoms with Crippen molar-refractivity contribution in [3.05, 3.63) is 0 Å². The van der Waals surface area contributed by atoms with Crippen LogP contribution in [0.3, 0.4) is 0 Å². The van der Waals surface area contributed by atoms with Gasteiger partial charge in [0.15, 0.2) is 0 Å². The fourth-order valence-electron chi connectivity index (χ4n) is 3.99. The average molecular weight is 293 g/mol. The summed E-state index contributed by atoms with van der Waals surface area (Å²) in [4.78, 5) is 26.3. The lowest BCUT2D eigenvalue weighted by Gasteiger charge is -2.21. The molecular weight excluding hydrogens is 266 g/mol. The molecule has 5 heteroatoms. The van der Waals surface area contributed by atoms with E-state index in [1.807, 2.05) is 4.90 Å². The molecule has 0 bridgehead atoms. The molecular formula is C16H27N3O2. The van der Waals surface area contributed by atoms with Crippen molar-refractivity contribution in [2.24, 2.45) is 5.92 Å². The molecule has 2 saturated carbocycles. The highest BCUT2D eigenvalue weighted by molar-refractivity contribution is 5.80. The van der Waals surface area contributed by atoms with Crippen LogP contribution in [0.5, 0.6) is 0 Å². The highest BCUT2D eigenvalue weighted by Gasteiger charge is 2.32. The van der Waals surface area contributed by atoms with Crippen molar-refractivity contribution < 1.29 is 9.59 Å². The van der Waals surface area contributed by atoms with E-state index in [1.54, 1.807) is 0 Å². The van der Waals surface area contributed by atoms with Crippen LogP contribution in [0.15, 0.2) is 0 Å². The molecule has 0 aromatic carbocycles. The van der Waals surface area contributed by atoms with Gasteiger partial charge in [0.2, 0.25) is 5.91 Å². The Kier molecular flexibility index (Phi) is 4.66. The van der Waals surface area contributed by atoms with Crippen LogP contribution in [-0.4, -0.2) is 42.0 Å². The predicted octanol–water partition coefficient (Wildman–Crippen LogP) is 2.02. The summed E-state index contributed by atoms with van der Waals surface area (Å²) in [6.45, 7) is 1.48. The van der Waals surface area contributed by atoms with E-state index in [-0.39, 0.29) is 18.0 Å². The molecule has 5 nitrogen and oxygen atoms in total. The number of carbonyl (C=O) groups excluding carboxylic acids is 2. The zero-order chi connectivity index (χ0) is 14.7. The number of amides is 3. The number of carbonyl (C=O) groups is 2. The summed E-state index contributed by atoms with van der Waals surface area (Å²) in [5.74, 6) is 0.559. The van der Waals surface area contributed by atoms with Crippen molar-refractivity contribution in [1.29, 1.82) is 0 Å². The summed E-state index contributed by atoms with van der Waals surface area (Å²) < 4.78 is 0. The van der Waals surface area contributed by atoms with Crippen LogP contribution in [0.2, 0.25) is 0 Å². The molecule has 0 unspecified atom stereocenters. The Morgan fingerprint density at radius 1 is 0.810 bits per heavy atom. The zero-order valence-electron chi connectivity index (χ0n) is 12.8. The van der Waals surface area contributed by atoms with Crippen molar-refractivity contribution in [2.45, 2.75) is 69.9 Å². The lowest BCUT2D eigenvalue weighted by atomic mass is 10.1. The number of nitrogens with one attached hydrogen (secondary N) is 2. The fourth-order valence-corrected chi connectivity index (χ4v) is 3.99. The van der Waals surface area contributed by atoms with Crippen molar-refractivity contribution in [3.63, 3.8) is 0 Å². The van der Waals surface area contributed by atoms with Gasteiger partial charge >= 0.3 is 6.03 Å². The number of urea groups is 1. The smallest absolute Gasteiger partial charge is 0.315 e. The maximum absolute atomic E-state index is 12.4. The first-order chi connectivity index (χ1) is 10.2. The summed E-state index contributed by atoms with van der Waals surface area (Å²) >= 11 is 0. The molecule has 3 aliphatic rings. The summed E-state index contributed by atoms with van der Waals surface area (Å²) in [5.41, 5.74) is 0. The number of nitrogens with zero attached hydrogens (tertiary/aromatic N) is 1. The van der Waals surface area contributed by atoms with E-state index in [9.17, 15) is 9.59 Å². The normalized spacial score (nSPS) is 27.2. The highest BCUT2D eigenvalue weighted by Crippen LogP contribution is 2.27. The molecule has 0 radical (unpaired) electrons. The molecule has 3 rings (SSSR count). The second-order valence-corrected chi connectivity index (χ2v) is 6.85. The Morgan fingerprint density at radius 2 is 1.43 bits per heavy atom. The number of rotatable bonds is 3. The van der Waals surface area contributed by atoms with Crippen LogP contribution in [0, 0.1) is 5.92 Å². The Balaban J connectivity index is 1.41. The Hall–Kier alpha value is -1.26. The molecule has 0 aromatic heterocycles. The summed E-state index contributed by atoms with van der Waals surface area (Å²) in [5, 5.41) is 6.09. The van der Waals surface area contributed by atoms with Crippen LogP contribution in [0.4, 0.5) is 4.79 Å². The summed E-state index contributed by atoms with van der Waals surface area (Å²) in [6.07, 6.45) is 10.0. The minimum absolute atomic E-state index is 0.0536. The van der Waals surface area contributed by atoms with Crippen molar-refractivity contribution >= 4 is 11.9 Å². The largest absolute Gasteiger partial charge is 0.340 e. The molecule has 1 saturated heterocycles. The first-order valence-corrected chi connectivity index (χ1v) is 8.58. The Labute approximate surface area is 126 Å².